The van der Waals surface area contributed by atoms with Crippen LogP contribution in [0.2, 0.25) is 0 Å². The number of rotatable bonds is 6. The molecule has 0 spiro atoms. The molecule has 0 radical (unpaired) electrons. The third-order valence-corrected chi connectivity index (χ3v) is 6.12. The second-order valence-electron chi connectivity index (χ2n) is 7.29. The molecule has 2 aromatic rings. The molecule has 1 aliphatic carbocycles. The van der Waals surface area contributed by atoms with Gasteiger partial charge in [0.2, 0.25) is 5.91 Å². The van der Waals surface area contributed by atoms with Crippen molar-refractivity contribution in [3.63, 3.8) is 0 Å². The Morgan fingerprint density at radius 2 is 1.72 bits per heavy atom. The van der Waals surface area contributed by atoms with Gasteiger partial charge in [-0.3, -0.25) is 14.4 Å². The van der Waals surface area contributed by atoms with Gasteiger partial charge in [-0.05, 0) is 56.4 Å². The van der Waals surface area contributed by atoms with Gasteiger partial charge in [-0.15, -0.1) is 11.3 Å². The lowest BCUT2D eigenvalue weighted by Gasteiger charge is -2.25. The molecule has 8 heteroatoms. The number of carbonyl (C=O) groups excluding carboxylic acids is 2. The molecule has 2 amide bonds. The lowest BCUT2D eigenvalue weighted by Crippen LogP contribution is -2.30. The number of nitrogens with one attached hydrogen (secondary N) is 2. The zero-order chi connectivity index (χ0) is 21.0. The van der Waals surface area contributed by atoms with Gasteiger partial charge in [-0.1, -0.05) is 12.1 Å². The smallest absolute Gasteiger partial charge is 0.306 e. The van der Waals surface area contributed by atoms with Crippen molar-refractivity contribution >= 4 is 34.1 Å². The van der Waals surface area contributed by atoms with Crippen LogP contribution in [-0.2, 0) is 16.1 Å². The summed E-state index contributed by atoms with van der Waals surface area (Å²) in [6.07, 6.45) is 2.03. The zero-order valence-corrected chi connectivity index (χ0v) is 16.9. The van der Waals surface area contributed by atoms with E-state index in [-0.39, 0.29) is 36.0 Å². The van der Waals surface area contributed by atoms with Gasteiger partial charge in [-0.2, -0.15) is 0 Å². The average Bonchev–Trinajstić information content (AvgIpc) is 3.07. The van der Waals surface area contributed by atoms with Crippen LogP contribution in [0.3, 0.4) is 0 Å². The van der Waals surface area contributed by atoms with Gasteiger partial charge in [-0.25, -0.2) is 4.39 Å². The van der Waals surface area contributed by atoms with Gasteiger partial charge in [0.05, 0.1) is 11.5 Å². The number of aryl methyl sites for hydroxylation is 1. The molecule has 1 heterocycles. The zero-order valence-electron chi connectivity index (χ0n) is 16.0. The molecule has 154 valence electrons. The molecule has 6 nitrogen and oxygen atoms in total. The van der Waals surface area contributed by atoms with E-state index in [9.17, 15) is 18.8 Å². The molecule has 1 saturated carbocycles. The minimum Gasteiger partial charge on any atom is -0.481 e. The first-order chi connectivity index (χ1) is 13.8. The second kappa shape index (κ2) is 9.17. The van der Waals surface area contributed by atoms with Crippen LogP contribution in [0.25, 0.3) is 0 Å². The molecule has 0 bridgehead atoms. The second-order valence-corrected chi connectivity index (χ2v) is 8.54. The number of carbonyl (C=O) groups is 3. The third-order valence-electron chi connectivity index (χ3n) is 5.15. The van der Waals surface area contributed by atoms with Crippen molar-refractivity contribution in [1.29, 1.82) is 0 Å². The van der Waals surface area contributed by atoms with Crippen LogP contribution < -0.4 is 10.6 Å². The molecule has 0 saturated heterocycles. The van der Waals surface area contributed by atoms with Gasteiger partial charge in [0.25, 0.3) is 5.91 Å². The van der Waals surface area contributed by atoms with Crippen LogP contribution in [0, 0.1) is 24.6 Å². The first kappa shape index (κ1) is 21.0. The van der Waals surface area contributed by atoms with E-state index in [0.29, 0.717) is 36.2 Å². The van der Waals surface area contributed by atoms with Crippen molar-refractivity contribution in [2.24, 2.45) is 11.8 Å². The van der Waals surface area contributed by atoms with Crippen molar-refractivity contribution in [3.05, 3.63) is 52.2 Å². The predicted molar refractivity (Wildman–Crippen MR) is 108 cm³/mol. The number of amides is 2. The summed E-state index contributed by atoms with van der Waals surface area (Å²) in [5.74, 6) is -2.26. The number of carboxylic acid groups (broad SMARTS) is 1. The predicted octanol–water partition coefficient (Wildman–Crippen LogP) is 3.96. The topological polar surface area (TPSA) is 95.5 Å². The summed E-state index contributed by atoms with van der Waals surface area (Å²) >= 11 is 1.33. The average molecular weight is 418 g/mol. The lowest BCUT2D eigenvalue weighted by atomic mass is 9.81. The maximum Gasteiger partial charge on any atom is 0.306 e. The van der Waals surface area contributed by atoms with Crippen LogP contribution in [0.1, 0.15) is 46.5 Å². The fraction of sp³-hybridized carbons (Fsp3) is 0.381. The highest BCUT2D eigenvalue weighted by atomic mass is 32.1. The van der Waals surface area contributed by atoms with E-state index in [2.05, 4.69) is 10.6 Å². The maximum absolute atomic E-state index is 13.0. The normalized spacial score (nSPS) is 18.8. The molecule has 3 N–H and O–H groups in total. The Bertz CT molecular complexity index is 902. The quantitative estimate of drug-likeness (QED) is 0.662. The Hall–Kier alpha value is -2.74. The van der Waals surface area contributed by atoms with Crippen LogP contribution in [0.15, 0.2) is 30.3 Å². The van der Waals surface area contributed by atoms with Crippen LogP contribution >= 0.6 is 11.3 Å². The van der Waals surface area contributed by atoms with Gasteiger partial charge in [0, 0.05) is 17.3 Å². The number of thiophene rings is 1. The molecule has 0 unspecified atom stereocenters. The van der Waals surface area contributed by atoms with E-state index in [1.807, 2.05) is 6.92 Å². The summed E-state index contributed by atoms with van der Waals surface area (Å²) in [6.45, 7) is 2.11. The Labute approximate surface area is 172 Å². The van der Waals surface area contributed by atoms with Crippen molar-refractivity contribution < 1.29 is 23.9 Å². The molecule has 0 atom stereocenters. The summed E-state index contributed by atoms with van der Waals surface area (Å²) < 4.78 is 13.0. The number of anilines is 1. The van der Waals surface area contributed by atoms with Gasteiger partial charge in [0.1, 0.15) is 10.8 Å². The molecule has 1 aromatic carbocycles. The van der Waals surface area contributed by atoms with Crippen molar-refractivity contribution in [3.8, 4) is 0 Å². The van der Waals surface area contributed by atoms with Crippen molar-refractivity contribution in [2.75, 3.05) is 5.32 Å². The van der Waals surface area contributed by atoms with E-state index >= 15 is 0 Å². The van der Waals surface area contributed by atoms with Crippen molar-refractivity contribution in [2.45, 2.75) is 39.2 Å². The number of hydrogen-bond donors (Lipinski definition) is 3. The number of aliphatic carboxylic acids is 1. The van der Waals surface area contributed by atoms with E-state index in [1.54, 1.807) is 18.2 Å². The largest absolute Gasteiger partial charge is 0.481 e. The Morgan fingerprint density at radius 1 is 1.10 bits per heavy atom. The minimum atomic E-state index is -0.808. The summed E-state index contributed by atoms with van der Waals surface area (Å²) in [7, 11) is 0. The van der Waals surface area contributed by atoms with Crippen LogP contribution in [0.4, 0.5) is 9.39 Å². The fourth-order valence-electron chi connectivity index (χ4n) is 3.47. The van der Waals surface area contributed by atoms with Crippen LogP contribution in [0.5, 0.6) is 0 Å². The molecular weight excluding hydrogens is 395 g/mol. The SMILES string of the molecule is Cc1cc(C(=O)NCc2ccc(F)cc2)c(NC(=O)C2CCC(C(=O)O)CC2)s1. The number of hydrogen-bond acceptors (Lipinski definition) is 4. The Balaban J connectivity index is 1.61. The molecule has 3 rings (SSSR count). The number of carboxylic acids is 1. The highest BCUT2D eigenvalue weighted by molar-refractivity contribution is 7.16. The first-order valence-corrected chi connectivity index (χ1v) is 10.3. The Morgan fingerprint density at radius 3 is 2.34 bits per heavy atom. The first-order valence-electron chi connectivity index (χ1n) is 9.50. The number of benzene rings is 1. The molecule has 1 aromatic heterocycles. The lowest BCUT2D eigenvalue weighted by molar-refractivity contribution is -0.143. The fourth-order valence-corrected chi connectivity index (χ4v) is 4.38. The standard InChI is InChI=1S/C21H23FN2O4S/c1-12-10-17(19(26)23-11-13-2-8-16(22)9-3-13)20(29-12)24-18(25)14-4-6-15(7-5-14)21(27)28/h2-3,8-10,14-15H,4-7,11H2,1H3,(H,23,26)(H,24,25)(H,27,28). The highest BCUT2D eigenvalue weighted by Gasteiger charge is 2.30. The van der Waals surface area contributed by atoms with Crippen LogP contribution in [-0.4, -0.2) is 22.9 Å². The number of halogens is 1. The van der Waals surface area contributed by atoms with Gasteiger partial charge < -0.3 is 15.7 Å². The summed E-state index contributed by atoms with van der Waals surface area (Å²) in [5.41, 5.74) is 1.16. The van der Waals surface area contributed by atoms with Gasteiger partial charge >= 0.3 is 5.97 Å². The maximum atomic E-state index is 13.0. The summed E-state index contributed by atoms with van der Waals surface area (Å²) in [6, 6.07) is 7.60. The Kier molecular flexibility index (Phi) is 6.64. The molecular formula is C21H23FN2O4S. The summed E-state index contributed by atoms with van der Waals surface area (Å²) in [4.78, 5) is 37.2. The monoisotopic (exact) mass is 418 g/mol. The van der Waals surface area contributed by atoms with E-state index in [1.165, 1.54) is 23.5 Å². The molecule has 29 heavy (non-hydrogen) atoms. The minimum absolute atomic E-state index is 0.178. The highest BCUT2D eigenvalue weighted by Crippen LogP contribution is 2.32. The summed E-state index contributed by atoms with van der Waals surface area (Å²) in [5, 5.41) is 15.2. The third kappa shape index (κ3) is 5.41. The molecule has 1 aliphatic rings. The molecule has 0 aliphatic heterocycles. The molecule has 1 fully saturated rings. The van der Waals surface area contributed by atoms with Gasteiger partial charge in [0.15, 0.2) is 0 Å². The van der Waals surface area contributed by atoms with E-state index in [4.69, 9.17) is 5.11 Å². The van der Waals surface area contributed by atoms with Crippen molar-refractivity contribution in [1.82, 2.24) is 5.32 Å². The van der Waals surface area contributed by atoms with E-state index < -0.39 is 5.97 Å². The van der Waals surface area contributed by atoms with E-state index in [0.717, 1.165) is 10.4 Å².